The van der Waals surface area contributed by atoms with Gasteiger partial charge in [-0.15, -0.1) is 0 Å². The Morgan fingerprint density at radius 2 is 2.15 bits per heavy atom. The lowest BCUT2D eigenvalue weighted by atomic mass is 9.94. The number of rotatable bonds is 6. The third-order valence-electron chi connectivity index (χ3n) is 3.66. The number of pyridine rings is 1. The molecule has 0 aliphatic heterocycles. The largest absolute Gasteiger partial charge is 0.478 e. The van der Waals surface area contributed by atoms with E-state index in [1.54, 1.807) is 0 Å². The van der Waals surface area contributed by atoms with Gasteiger partial charge in [0, 0.05) is 12.7 Å². The molecule has 1 amide bonds. The molecule has 0 radical (unpaired) electrons. The number of carbonyl (C=O) groups excluding carboxylic acids is 1. The van der Waals surface area contributed by atoms with Crippen molar-refractivity contribution < 1.29 is 14.7 Å². The van der Waals surface area contributed by atoms with E-state index in [4.69, 9.17) is 5.11 Å². The fraction of sp³-hybridized carbons (Fsp3) is 0.533. The van der Waals surface area contributed by atoms with Crippen molar-refractivity contribution in [1.82, 2.24) is 10.3 Å². The molecule has 1 aliphatic rings. The van der Waals surface area contributed by atoms with E-state index in [0.717, 1.165) is 19.3 Å². The van der Waals surface area contributed by atoms with E-state index in [-0.39, 0.29) is 22.6 Å². The normalized spacial score (nSPS) is 15.9. The fourth-order valence-electron chi connectivity index (χ4n) is 2.54. The van der Waals surface area contributed by atoms with E-state index in [2.05, 4.69) is 24.1 Å². The zero-order valence-corrected chi connectivity index (χ0v) is 11.8. The zero-order chi connectivity index (χ0) is 14.8. The number of carboxylic acid groups (broad SMARTS) is 1. The highest BCUT2D eigenvalue weighted by Crippen LogP contribution is 2.50. The molecule has 2 N–H and O–H groups in total. The first-order valence-electron chi connectivity index (χ1n) is 6.89. The van der Waals surface area contributed by atoms with E-state index in [1.165, 1.54) is 18.3 Å². The Balaban J connectivity index is 1.95. The molecule has 5 nitrogen and oxygen atoms in total. The minimum atomic E-state index is -1.06. The molecule has 0 saturated heterocycles. The van der Waals surface area contributed by atoms with Crippen LogP contribution in [0.5, 0.6) is 0 Å². The topological polar surface area (TPSA) is 79.3 Å². The quantitative estimate of drug-likeness (QED) is 0.835. The van der Waals surface area contributed by atoms with Gasteiger partial charge in [-0.05, 0) is 42.7 Å². The van der Waals surface area contributed by atoms with Crippen LogP contribution in [-0.2, 0) is 0 Å². The first-order chi connectivity index (χ1) is 9.42. The number of aromatic carboxylic acids is 1. The Morgan fingerprint density at radius 3 is 2.70 bits per heavy atom. The minimum Gasteiger partial charge on any atom is -0.478 e. The Bertz CT molecular complexity index is 522. The van der Waals surface area contributed by atoms with Gasteiger partial charge in [-0.2, -0.15) is 0 Å². The fourth-order valence-corrected chi connectivity index (χ4v) is 2.54. The van der Waals surface area contributed by atoms with E-state index < -0.39 is 5.97 Å². The molecule has 0 bridgehead atoms. The van der Waals surface area contributed by atoms with Gasteiger partial charge in [-0.1, -0.05) is 13.8 Å². The molecule has 1 fully saturated rings. The Labute approximate surface area is 118 Å². The van der Waals surface area contributed by atoms with Crippen molar-refractivity contribution in [1.29, 1.82) is 0 Å². The number of nitrogens with one attached hydrogen (secondary N) is 1. The molecule has 1 aliphatic carbocycles. The number of carbonyl (C=O) groups is 2. The van der Waals surface area contributed by atoms with Crippen molar-refractivity contribution >= 4 is 11.9 Å². The van der Waals surface area contributed by atoms with E-state index in [0.29, 0.717) is 12.5 Å². The SMILES string of the molecule is CC(C)CC1(CNC(=O)c2cc(C(=O)O)ccn2)CC1. The molecule has 1 aromatic heterocycles. The van der Waals surface area contributed by atoms with Crippen molar-refractivity contribution in [2.75, 3.05) is 6.54 Å². The Hall–Kier alpha value is -1.91. The average molecular weight is 276 g/mol. The Morgan fingerprint density at radius 1 is 1.45 bits per heavy atom. The number of amides is 1. The molecule has 5 heteroatoms. The van der Waals surface area contributed by atoms with Crippen LogP contribution in [-0.4, -0.2) is 28.5 Å². The predicted octanol–water partition coefficient (Wildman–Crippen LogP) is 2.34. The molecule has 1 aromatic rings. The van der Waals surface area contributed by atoms with E-state index in [1.807, 2.05) is 0 Å². The third kappa shape index (κ3) is 3.56. The molecule has 108 valence electrons. The lowest BCUT2D eigenvalue weighted by Gasteiger charge is -2.18. The second-order valence-electron chi connectivity index (χ2n) is 6.02. The van der Waals surface area contributed by atoms with Gasteiger partial charge in [0.2, 0.25) is 0 Å². The molecule has 1 heterocycles. The smallest absolute Gasteiger partial charge is 0.335 e. The maximum Gasteiger partial charge on any atom is 0.335 e. The predicted molar refractivity (Wildman–Crippen MR) is 74.7 cm³/mol. The van der Waals surface area contributed by atoms with Gasteiger partial charge in [0.05, 0.1) is 5.56 Å². The summed E-state index contributed by atoms with van der Waals surface area (Å²) in [6.45, 7) is 5.00. The van der Waals surface area contributed by atoms with Crippen LogP contribution in [0.15, 0.2) is 18.3 Å². The van der Waals surface area contributed by atoms with Gasteiger partial charge in [-0.25, -0.2) is 4.79 Å². The monoisotopic (exact) mass is 276 g/mol. The lowest BCUT2D eigenvalue weighted by Crippen LogP contribution is -2.31. The molecule has 20 heavy (non-hydrogen) atoms. The first-order valence-corrected chi connectivity index (χ1v) is 6.89. The van der Waals surface area contributed by atoms with Crippen LogP contribution in [0.25, 0.3) is 0 Å². The summed E-state index contributed by atoms with van der Waals surface area (Å²) in [4.78, 5) is 26.8. The van der Waals surface area contributed by atoms with E-state index >= 15 is 0 Å². The molecule has 0 spiro atoms. The van der Waals surface area contributed by atoms with Crippen LogP contribution in [0.3, 0.4) is 0 Å². The van der Waals surface area contributed by atoms with Gasteiger partial charge >= 0.3 is 5.97 Å². The van der Waals surface area contributed by atoms with Crippen molar-refractivity contribution in [3.63, 3.8) is 0 Å². The summed E-state index contributed by atoms with van der Waals surface area (Å²) in [5, 5.41) is 11.8. The van der Waals surface area contributed by atoms with Crippen molar-refractivity contribution in [2.45, 2.75) is 33.1 Å². The summed E-state index contributed by atoms with van der Waals surface area (Å²) in [6.07, 6.45) is 4.75. The highest BCUT2D eigenvalue weighted by molar-refractivity contribution is 5.95. The molecule has 0 atom stereocenters. The summed E-state index contributed by atoms with van der Waals surface area (Å²) >= 11 is 0. The lowest BCUT2D eigenvalue weighted by molar-refractivity contribution is 0.0696. The van der Waals surface area contributed by atoms with Crippen LogP contribution in [0.1, 0.15) is 54.0 Å². The number of aromatic nitrogens is 1. The second-order valence-corrected chi connectivity index (χ2v) is 6.02. The van der Waals surface area contributed by atoms with Crippen LogP contribution in [0, 0.1) is 11.3 Å². The van der Waals surface area contributed by atoms with Gasteiger partial charge in [-0.3, -0.25) is 9.78 Å². The summed E-state index contributed by atoms with van der Waals surface area (Å²) < 4.78 is 0. The van der Waals surface area contributed by atoms with Crippen LogP contribution in [0.4, 0.5) is 0 Å². The molecular weight excluding hydrogens is 256 g/mol. The number of nitrogens with zero attached hydrogens (tertiary/aromatic N) is 1. The van der Waals surface area contributed by atoms with Crippen LogP contribution >= 0.6 is 0 Å². The standard InChI is InChI=1S/C15H20N2O3/c1-10(2)8-15(4-5-15)9-17-13(18)12-7-11(14(19)20)3-6-16-12/h3,6-7,10H,4-5,8-9H2,1-2H3,(H,17,18)(H,19,20). The van der Waals surface area contributed by atoms with Gasteiger partial charge in [0.15, 0.2) is 0 Å². The number of carboxylic acids is 1. The number of hydrogen-bond acceptors (Lipinski definition) is 3. The number of hydrogen-bond donors (Lipinski definition) is 2. The minimum absolute atomic E-state index is 0.0773. The van der Waals surface area contributed by atoms with Gasteiger partial charge in [0.1, 0.15) is 5.69 Å². The summed E-state index contributed by atoms with van der Waals surface area (Å²) in [5.74, 6) is -0.745. The molecule has 1 saturated carbocycles. The maximum atomic E-state index is 12.0. The highest BCUT2D eigenvalue weighted by Gasteiger charge is 2.42. The van der Waals surface area contributed by atoms with Gasteiger partial charge < -0.3 is 10.4 Å². The van der Waals surface area contributed by atoms with Crippen molar-refractivity contribution in [2.24, 2.45) is 11.3 Å². The molecular formula is C15H20N2O3. The Kier molecular flexibility index (Phi) is 4.06. The third-order valence-corrected chi connectivity index (χ3v) is 3.66. The second kappa shape index (κ2) is 5.61. The van der Waals surface area contributed by atoms with Crippen LogP contribution in [0.2, 0.25) is 0 Å². The summed E-state index contributed by atoms with van der Waals surface area (Å²) in [5.41, 5.74) is 0.479. The van der Waals surface area contributed by atoms with Gasteiger partial charge in [0.25, 0.3) is 5.91 Å². The average Bonchev–Trinajstić information content (AvgIpc) is 3.15. The van der Waals surface area contributed by atoms with E-state index in [9.17, 15) is 9.59 Å². The zero-order valence-electron chi connectivity index (χ0n) is 11.8. The van der Waals surface area contributed by atoms with Crippen LogP contribution < -0.4 is 5.32 Å². The van der Waals surface area contributed by atoms with Crippen molar-refractivity contribution in [3.05, 3.63) is 29.6 Å². The molecule has 0 aromatic carbocycles. The summed E-state index contributed by atoms with van der Waals surface area (Å²) in [7, 11) is 0. The maximum absolute atomic E-state index is 12.0. The molecule has 2 rings (SSSR count). The first kappa shape index (κ1) is 14.5. The molecule has 0 unspecified atom stereocenters. The van der Waals surface area contributed by atoms with Crippen molar-refractivity contribution in [3.8, 4) is 0 Å². The highest BCUT2D eigenvalue weighted by atomic mass is 16.4. The summed E-state index contributed by atoms with van der Waals surface area (Å²) in [6, 6.07) is 2.68.